The molecule has 22 heavy (non-hydrogen) atoms. The number of rotatable bonds is 2. The smallest absolute Gasteiger partial charge is 0.353 e. The molecule has 1 heterocycles. The molecule has 0 radical (unpaired) electrons. The molecule has 0 bridgehead atoms. The minimum absolute atomic E-state index is 0.0710. The summed E-state index contributed by atoms with van der Waals surface area (Å²) in [5.41, 5.74) is -0.190. The quantitative estimate of drug-likeness (QED) is 0.578. The first-order valence-corrected chi connectivity index (χ1v) is 6.50. The van der Waals surface area contributed by atoms with Crippen molar-refractivity contribution >= 4 is 16.7 Å². The molecule has 0 aliphatic rings. The van der Waals surface area contributed by atoms with Gasteiger partial charge in [0.25, 0.3) is 0 Å². The highest BCUT2D eigenvalue weighted by Gasteiger charge is 2.24. The number of hydrogen-bond acceptors (Lipinski definition) is 5. The Hall–Kier alpha value is -3.15. The molecule has 0 spiro atoms. The van der Waals surface area contributed by atoms with Crippen LogP contribution in [0.25, 0.3) is 22.3 Å². The molecule has 1 N–H and O–H groups in total. The number of phenols is 1. The van der Waals surface area contributed by atoms with E-state index in [4.69, 9.17) is 4.42 Å². The van der Waals surface area contributed by atoms with Gasteiger partial charge in [0.05, 0.1) is 10.3 Å². The molecule has 2 aromatic carbocycles. The first-order chi connectivity index (χ1) is 10.5. The van der Waals surface area contributed by atoms with Crippen molar-refractivity contribution in [1.82, 2.24) is 0 Å². The van der Waals surface area contributed by atoms with Crippen molar-refractivity contribution in [2.45, 2.75) is 6.92 Å². The lowest BCUT2D eigenvalue weighted by atomic mass is 10.1. The summed E-state index contributed by atoms with van der Waals surface area (Å²) in [5, 5.41) is 20.9. The van der Waals surface area contributed by atoms with E-state index in [0.29, 0.717) is 11.1 Å². The third kappa shape index (κ3) is 2.01. The first kappa shape index (κ1) is 13.8. The minimum Gasteiger partial charge on any atom is -0.502 e. The number of nitrogens with zero attached hydrogens (tertiary/aromatic N) is 1. The molecule has 3 rings (SSSR count). The zero-order valence-corrected chi connectivity index (χ0v) is 11.6. The lowest BCUT2D eigenvalue weighted by molar-refractivity contribution is -0.384. The van der Waals surface area contributed by atoms with Gasteiger partial charge >= 0.3 is 5.69 Å². The average Bonchev–Trinajstić information content (AvgIpc) is 2.51. The highest BCUT2D eigenvalue weighted by atomic mass is 16.6. The van der Waals surface area contributed by atoms with Crippen LogP contribution in [-0.4, -0.2) is 10.0 Å². The molecule has 6 heteroatoms. The highest BCUT2D eigenvalue weighted by Crippen LogP contribution is 2.36. The van der Waals surface area contributed by atoms with Gasteiger partial charge in [-0.2, -0.15) is 0 Å². The standard InChI is InChI=1S/C16H11NO5/c1-9-14(19)11-7-8-12(18)13(17(20)21)16(11)22-15(9)10-5-3-2-4-6-10/h2-8,18H,1H3. The molecule has 6 nitrogen and oxygen atoms in total. The Balaban J connectivity index is 2.47. The molecule has 3 aromatic rings. The van der Waals surface area contributed by atoms with Gasteiger partial charge in [-0.1, -0.05) is 30.3 Å². The largest absolute Gasteiger partial charge is 0.502 e. The summed E-state index contributed by atoms with van der Waals surface area (Å²) < 4.78 is 5.63. The minimum atomic E-state index is -0.759. The summed E-state index contributed by atoms with van der Waals surface area (Å²) in [5.74, 6) is -0.282. The van der Waals surface area contributed by atoms with Crippen molar-refractivity contribution in [1.29, 1.82) is 0 Å². The van der Waals surface area contributed by atoms with Crippen molar-refractivity contribution in [3.8, 4) is 17.1 Å². The first-order valence-electron chi connectivity index (χ1n) is 6.50. The molecule has 0 saturated heterocycles. The number of benzene rings is 2. The second-order valence-corrected chi connectivity index (χ2v) is 4.82. The fraction of sp³-hybridized carbons (Fsp3) is 0.0625. The van der Waals surface area contributed by atoms with E-state index >= 15 is 0 Å². The van der Waals surface area contributed by atoms with Crippen LogP contribution in [-0.2, 0) is 0 Å². The van der Waals surface area contributed by atoms with Crippen LogP contribution in [0.4, 0.5) is 5.69 Å². The number of nitro groups is 1. The van der Waals surface area contributed by atoms with Crippen LogP contribution < -0.4 is 5.43 Å². The maximum absolute atomic E-state index is 12.4. The van der Waals surface area contributed by atoms with Gasteiger partial charge in [-0.25, -0.2) is 0 Å². The number of hydrogen-bond donors (Lipinski definition) is 1. The lowest BCUT2D eigenvalue weighted by Gasteiger charge is -2.07. The SMILES string of the molecule is Cc1c(-c2ccccc2)oc2c([N+](=O)[O-])c(O)ccc2c1=O. The van der Waals surface area contributed by atoms with Crippen molar-refractivity contribution < 1.29 is 14.4 Å². The van der Waals surface area contributed by atoms with E-state index in [-0.39, 0.29) is 22.2 Å². The third-order valence-electron chi connectivity index (χ3n) is 3.46. The molecule has 0 fully saturated rings. The zero-order valence-electron chi connectivity index (χ0n) is 11.6. The summed E-state index contributed by atoms with van der Waals surface area (Å²) >= 11 is 0. The van der Waals surface area contributed by atoms with Gasteiger partial charge in [-0.15, -0.1) is 0 Å². The maximum atomic E-state index is 12.4. The fourth-order valence-corrected chi connectivity index (χ4v) is 2.37. The molecule has 0 aliphatic carbocycles. The molecular weight excluding hydrogens is 286 g/mol. The Bertz CT molecular complexity index is 944. The Morgan fingerprint density at radius 2 is 1.82 bits per heavy atom. The van der Waals surface area contributed by atoms with Crippen molar-refractivity contribution in [3.63, 3.8) is 0 Å². The van der Waals surface area contributed by atoms with Gasteiger partial charge in [0, 0.05) is 11.1 Å². The number of fused-ring (bicyclic) bond motifs is 1. The molecule has 1 aromatic heterocycles. The molecule has 0 atom stereocenters. The lowest BCUT2D eigenvalue weighted by Crippen LogP contribution is -2.08. The monoisotopic (exact) mass is 297 g/mol. The van der Waals surface area contributed by atoms with E-state index in [1.54, 1.807) is 31.2 Å². The van der Waals surface area contributed by atoms with Crippen LogP contribution in [0.3, 0.4) is 0 Å². The number of nitro benzene ring substituents is 1. The van der Waals surface area contributed by atoms with Crippen LogP contribution in [0.1, 0.15) is 5.56 Å². The summed E-state index contributed by atoms with van der Waals surface area (Å²) in [6.07, 6.45) is 0. The van der Waals surface area contributed by atoms with Gasteiger partial charge in [0.2, 0.25) is 5.58 Å². The molecule has 0 unspecified atom stereocenters. The summed E-state index contributed by atoms with van der Waals surface area (Å²) in [4.78, 5) is 22.8. The average molecular weight is 297 g/mol. The number of phenolic OH excluding ortho intramolecular Hbond substituents is 1. The van der Waals surface area contributed by atoms with Crippen LogP contribution in [0.15, 0.2) is 51.7 Å². The van der Waals surface area contributed by atoms with Gasteiger partial charge in [0.15, 0.2) is 11.2 Å². The Kier molecular flexibility index (Phi) is 3.14. The van der Waals surface area contributed by atoms with E-state index < -0.39 is 16.4 Å². The van der Waals surface area contributed by atoms with Crippen molar-refractivity contribution in [3.05, 3.63) is 68.4 Å². The van der Waals surface area contributed by atoms with Gasteiger partial charge in [0.1, 0.15) is 5.76 Å². The van der Waals surface area contributed by atoms with E-state index in [1.807, 2.05) is 6.07 Å². The highest BCUT2D eigenvalue weighted by molar-refractivity contribution is 5.90. The number of aromatic hydroxyl groups is 1. The molecular formula is C16H11NO5. The third-order valence-corrected chi connectivity index (χ3v) is 3.46. The van der Waals surface area contributed by atoms with Crippen LogP contribution in [0.2, 0.25) is 0 Å². The van der Waals surface area contributed by atoms with E-state index in [2.05, 4.69) is 0 Å². The normalized spacial score (nSPS) is 10.8. The van der Waals surface area contributed by atoms with E-state index in [9.17, 15) is 20.0 Å². The summed E-state index contributed by atoms with van der Waals surface area (Å²) in [7, 11) is 0. The predicted molar refractivity (Wildman–Crippen MR) is 81.0 cm³/mol. The van der Waals surface area contributed by atoms with Gasteiger partial charge in [-0.3, -0.25) is 14.9 Å². The van der Waals surface area contributed by atoms with Crippen LogP contribution in [0, 0.1) is 17.0 Å². The second-order valence-electron chi connectivity index (χ2n) is 4.82. The van der Waals surface area contributed by atoms with Gasteiger partial charge < -0.3 is 9.52 Å². The fourth-order valence-electron chi connectivity index (χ4n) is 2.37. The molecule has 0 saturated carbocycles. The maximum Gasteiger partial charge on any atom is 0.353 e. The Morgan fingerprint density at radius 1 is 1.14 bits per heavy atom. The summed E-state index contributed by atoms with van der Waals surface area (Å²) in [6.45, 7) is 1.60. The van der Waals surface area contributed by atoms with Crippen LogP contribution in [0.5, 0.6) is 5.75 Å². The molecule has 110 valence electrons. The Labute approximate surface area is 124 Å². The van der Waals surface area contributed by atoms with Crippen molar-refractivity contribution in [2.24, 2.45) is 0 Å². The van der Waals surface area contributed by atoms with Crippen LogP contribution >= 0.6 is 0 Å². The predicted octanol–water partition coefficient (Wildman–Crippen LogP) is 3.38. The topological polar surface area (TPSA) is 93.6 Å². The Morgan fingerprint density at radius 3 is 2.45 bits per heavy atom. The van der Waals surface area contributed by atoms with E-state index in [0.717, 1.165) is 6.07 Å². The second kappa shape index (κ2) is 5.00. The van der Waals surface area contributed by atoms with Crippen molar-refractivity contribution in [2.75, 3.05) is 0 Å². The van der Waals surface area contributed by atoms with E-state index in [1.165, 1.54) is 6.07 Å². The van der Waals surface area contributed by atoms with Gasteiger partial charge in [-0.05, 0) is 19.1 Å². The summed E-state index contributed by atoms with van der Waals surface area (Å²) in [6, 6.07) is 11.3. The molecule has 0 amide bonds. The zero-order chi connectivity index (χ0) is 15.9. The molecule has 0 aliphatic heterocycles.